The van der Waals surface area contributed by atoms with E-state index < -0.39 is 23.3 Å². The molecule has 0 atom stereocenters. The highest BCUT2D eigenvalue weighted by Gasteiger charge is 2.34. The largest absolute Gasteiger partial charge is 0.433 e. The number of halogens is 3. The first kappa shape index (κ1) is 26.9. The fourth-order valence-electron chi connectivity index (χ4n) is 4.53. The number of carbonyl (C=O) groups is 1. The van der Waals surface area contributed by atoms with Crippen molar-refractivity contribution < 1.29 is 18.0 Å². The Morgan fingerprint density at radius 2 is 1.82 bits per heavy atom. The molecular formula is C29H28F3N7O. The van der Waals surface area contributed by atoms with Crippen molar-refractivity contribution in [1.82, 2.24) is 24.3 Å². The van der Waals surface area contributed by atoms with E-state index in [2.05, 4.69) is 20.4 Å². The van der Waals surface area contributed by atoms with E-state index in [1.54, 1.807) is 58.3 Å². The molecular weight excluding hydrogens is 519 g/mol. The molecule has 3 N–H and O–H groups in total. The Kier molecular flexibility index (Phi) is 6.61. The van der Waals surface area contributed by atoms with Crippen LogP contribution in [-0.4, -0.2) is 35.8 Å². The van der Waals surface area contributed by atoms with Crippen molar-refractivity contribution in [3.8, 4) is 28.1 Å². The number of para-hydroxylation sites is 1. The van der Waals surface area contributed by atoms with Crippen molar-refractivity contribution in [1.29, 1.82) is 0 Å². The number of hydrogen-bond donors (Lipinski definition) is 2. The average molecular weight is 548 g/mol. The summed E-state index contributed by atoms with van der Waals surface area (Å²) in [6, 6.07) is 11.0. The topological polar surface area (TPSA) is 104 Å². The predicted molar refractivity (Wildman–Crippen MR) is 148 cm³/mol. The van der Waals surface area contributed by atoms with Gasteiger partial charge >= 0.3 is 6.18 Å². The molecule has 0 radical (unpaired) electrons. The number of nitrogens with zero attached hydrogens (tertiary/aromatic N) is 5. The number of rotatable bonds is 6. The van der Waals surface area contributed by atoms with Crippen molar-refractivity contribution in [2.45, 2.75) is 46.0 Å². The Bertz CT molecular complexity index is 1730. The molecule has 2 aromatic carbocycles. The van der Waals surface area contributed by atoms with Gasteiger partial charge in [0.1, 0.15) is 5.69 Å². The Morgan fingerprint density at radius 1 is 1.05 bits per heavy atom. The summed E-state index contributed by atoms with van der Waals surface area (Å²) in [6.07, 6.45) is 2.14. The van der Waals surface area contributed by atoms with E-state index in [0.29, 0.717) is 40.1 Å². The Hall–Kier alpha value is -4.67. The highest BCUT2D eigenvalue weighted by Crippen LogP contribution is 2.38. The molecule has 0 saturated carbocycles. The van der Waals surface area contributed by atoms with Crippen molar-refractivity contribution >= 4 is 22.5 Å². The van der Waals surface area contributed by atoms with E-state index >= 15 is 0 Å². The zero-order valence-electron chi connectivity index (χ0n) is 22.4. The maximum atomic E-state index is 14.1. The lowest BCUT2D eigenvalue weighted by atomic mass is 9.96. The summed E-state index contributed by atoms with van der Waals surface area (Å²) in [4.78, 5) is 20.6. The van der Waals surface area contributed by atoms with E-state index in [0.717, 1.165) is 11.6 Å². The normalized spacial score (nSPS) is 12.2. The number of imidazole rings is 1. The number of alkyl halides is 3. The van der Waals surface area contributed by atoms with Crippen LogP contribution in [0.5, 0.6) is 0 Å². The lowest BCUT2D eigenvalue weighted by Gasteiger charge is -2.24. The number of anilines is 1. The molecule has 0 aliphatic rings. The van der Waals surface area contributed by atoms with Gasteiger partial charge in [-0.2, -0.15) is 18.3 Å². The third-order valence-corrected chi connectivity index (χ3v) is 6.33. The fourth-order valence-corrected chi connectivity index (χ4v) is 4.53. The molecule has 5 rings (SSSR count). The first-order valence-corrected chi connectivity index (χ1v) is 12.6. The van der Waals surface area contributed by atoms with Gasteiger partial charge in [-0.3, -0.25) is 9.48 Å². The van der Waals surface area contributed by atoms with Gasteiger partial charge in [0.2, 0.25) is 0 Å². The van der Waals surface area contributed by atoms with Crippen LogP contribution in [-0.2, 0) is 12.7 Å². The smallest absolute Gasteiger partial charge is 0.380 e. The van der Waals surface area contributed by atoms with Crippen LogP contribution >= 0.6 is 0 Å². The van der Waals surface area contributed by atoms with Crippen molar-refractivity contribution in [2.24, 2.45) is 5.73 Å². The molecule has 11 heteroatoms. The van der Waals surface area contributed by atoms with Crippen LogP contribution in [0.1, 0.15) is 43.7 Å². The van der Waals surface area contributed by atoms with Crippen LogP contribution in [0.25, 0.3) is 39.0 Å². The molecule has 0 fully saturated rings. The van der Waals surface area contributed by atoms with Gasteiger partial charge in [-0.25, -0.2) is 9.97 Å². The Balaban J connectivity index is 1.71. The number of nitrogens with one attached hydrogen (secondary N) is 1. The number of carbonyl (C=O) groups excluding carboxylic acids is 1. The first-order chi connectivity index (χ1) is 18.8. The summed E-state index contributed by atoms with van der Waals surface area (Å²) in [5.41, 5.74) is 7.60. The Labute approximate surface area is 228 Å². The maximum Gasteiger partial charge on any atom is 0.433 e. The van der Waals surface area contributed by atoms with Crippen molar-refractivity contribution in [3.05, 3.63) is 78.6 Å². The van der Waals surface area contributed by atoms with E-state index in [4.69, 9.17) is 5.73 Å². The maximum absolute atomic E-state index is 14.1. The van der Waals surface area contributed by atoms with E-state index in [1.807, 2.05) is 33.9 Å². The summed E-state index contributed by atoms with van der Waals surface area (Å²) >= 11 is 0. The quantitative estimate of drug-likeness (QED) is 0.260. The molecule has 0 bridgehead atoms. The minimum Gasteiger partial charge on any atom is -0.380 e. The number of nitrogens with two attached hydrogens (primary N) is 1. The number of pyridine rings is 1. The number of aromatic nitrogens is 5. The van der Waals surface area contributed by atoms with Gasteiger partial charge in [0.05, 0.1) is 35.0 Å². The minimum absolute atomic E-state index is 0.157. The van der Waals surface area contributed by atoms with Crippen molar-refractivity contribution in [3.63, 3.8) is 0 Å². The number of benzene rings is 2. The second-order valence-electron chi connectivity index (χ2n) is 10.5. The summed E-state index contributed by atoms with van der Waals surface area (Å²) in [6.45, 7) is 8.40. The van der Waals surface area contributed by atoms with Gasteiger partial charge in [-0.1, -0.05) is 18.2 Å². The highest BCUT2D eigenvalue weighted by molar-refractivity contribution is 6.02. The molecule has 1 amide bonds. The number of amides is 1. The summed E-state index contributed by atoms with van der Waals surface area (Å²) in [5.74, 6) is -0.642. The summed E-state index contributed by atoms with van der Waals surface area (Å²) < 4.78 is 45.8. The van der Waals surface area contributed by atoms with E-state index in [1.165, 1.54) is 6.07 Å². The molecule has 3 heterocycles. The fraction of sp³-hybridized carbons (Fsp3) is 0.241. The summed E-state index contributed by atoms with van der Waals surface area (Å²) in [5, 5.41) is 8.01. The molecule has 0 aliphatic heterocycles. The van der Waals surface area contributed by atoms with Crippen LogP contribution in [0.4, 0.5) is 18.9 Å². The lowest BCUT2D eigenvalue weighted by molar-refractivity contribution is -0.140. The van der Waals surface area contributed by atoms with Gasteiger partial charge in [-0.15, -0.1) is 0 Å². The van der Waals surface area contributed by atoms with Gasteiger partial charge in [0.15, 0.2) is 0 Å². The van der Waals surface area contributed by atoms with E-state index in [-0.39, 0.29) is 11.1 Å². The van der Waals surface area contributed by atoms with Gasteiger partial charge < -0.3 is 15.6 Å². The summed E-state index contributed by atoms with van der Waals surface area (Å²) in [7, 11) is 0. The molecule has 0 spiro atoms. The van der Waals surface area contributed by atoms with Crippen LogP contribution in [0.2, 0.25) is 0 Å². The predicted octanol–water partition coefficient (Wildman–Crippen LogP) is 6.30. The number of fused-ring (bicyclic) bond motifs is 1. The minimum atomic E-state index is -4.69. The molecule has 0 unspecified atom stereocenters. The van der Waals surface area contributed by atoms with Crippen LogP contribution in [0.15, 0.2) is 67.4 Å². The van der Waals surface area contributed by atoms with Gasteiger partial charge in [0.25, 0.3) is 5.91 Å². The first-order valence-electron chi connectivity index (χ1n) is 12.6. The second kappa shape index (κ2) is 9.82. The average Bonchev–Trinajstić information content (AvgIpc) is 3.56. The molecule has 0 aliphatic carbocycles. The highest BCUT2D eigenvalue weighted by atomic mass is 19.4. The molecule has 206 valence electrons. The van der Waals surface area contributed by atoms with Gasteiger partial charge in [-0.05, 0) is 63.1 Å². The lowest BCUT2D eigenvalue weighted by Crippen LogP contribution is -2.28. The number of primary amides is 1. The third kappa shape index (κ3) is 5.27. The number of hydrogen-bond acceptors (Lipinski definition) is 5. The third-order valence-electron chi connectivity index (χ3n) is 6.33. The molecule has 5 aromatic rings. The second-order valence-corrected chi connectivity index (χ2v) is 10.5. The van der Waals surface area contributed by atoms with Gasteiger partial charge in [0, 0.05) is 41.1 Å². The standard InChI is InChI=1S/C29H28F3N7O/c1-5-39-14-18(13-35-39)23-15-38(16-34-23)24-8-6-7-19-21(12-25(29(30,31)32)36-26(19)24)17-9-10-20(27(33)40)22(11-17)37-28(2,3)4/h6-16,37H,5H2,1-4H3,(H2,33,40). The molecule has 3 aromatic heterocycles. The molecule has 40 heavy (non-hydrogen) atoms. The molecule has 0 saturated heterocycles. The molecule has 8 nitrogen and oxygen atoms in total. The zero-order chi connectivity index (χ0) is 28.8. The van der Waals surface area contributed by atoms with Crippen molar-refractivity contribution in [2.75, 3.05) is 5.32 Å². The number of aryl methyl sites for hydroxylation is 1. The van der Waals surface area contributed by atoms with Crippen LogP contribution < -0.4 is 11.1 Å². The van der Waals surface area contributed by atoms with Crippen LogP contribution in [0, 0.1) is 0 Å². The zero-order valence-corrected chi connectivity index (χ0v) is 22.4. The Morgan fingerprint density at radius 3 is 2.48 bits per heavy atom. The monoisotopic (exact) mass is 547 g/mol. The van der Waals surface area contributed by atoms with E-state index in [9.17, 15) is 18.0 Å². The van der Waals surface area contributed by atoms with Crippen LogP contribution in [0.3, 0.4) is 0 Å². The SMILES string of the molecule is CCn1cc(-c2cn(-c3cccc4c(-c5ccc(C(N)=O)c(NC(C)(C)C)c5)cc(C(F)(F)F)nc34)cn2)cn1.